The Morgan fingerprint density at radius 2 is 1.59 bits per heavy atom. The predicted molar refractivity (Wildman–Crippen MR) is 229 cm³/mol. The molecule has 0 bridgehead atoms. The molecule has 61 heavy (non-hydrogen) atoms. The van der Waals surface area contributed by atoms with E-state index in [0.717, 1.165) is 19.3 Å². The second-order valence-electron chi connectivity index (χ2n) is 20.3. The van der Waals surface area contributed by atoms with Gasteiger partial charge in [0.15, 0.2) is 12.6 Å². The molecular weight excluding hydrogens is 791 g/mol. The van der Waals surface area contributed by atoms with Crippen LogP contribution in [0.4, 0.5) is 0 Å². The fourth-order valence-corrected chi connectivity index (χ4v) is 11.0. The molecule has 0 amide bonds. The van der Waals surface area contributed by atoms with Crippen molar-refractivity contribution < 1.29 is 68.8 Å². The van der Waals surface area contributed by atoms with Crippen molar-refractivity contribution in [2.45, 2.75) is 217 Å². The highest BCUT2D eigenvalue weighted by Gasteiger charge is 2.53. The van der Waals surface area contributed by atoms with Crippen LogP contribution in [0.15, 0.2) is 0 Å². The van der Waals surface area contributed by atoms with Crippen molar-refractivity contribution in [1.82, 2.24) is 9.80 Å². The number of rotatable bonds is 10. The minimum Gasteiger partial charge on any atom is -0.459 e. The van der Waals surface area contributed by atoms with Crippen LogP contribution in [0.3, 0.4) is 0 Å². The lowest BCUT2D eigenvalue weighted by Crippen LogP contribution is -2.61. The van der Waals surface area contributed by atoms with Gasteiger partial charge >= 0.3 is 13.1 Å². The Hall–Kier alpha value is -1.03. The number of esters is 1. The van der Waals surface area contributed by atoms with E-state index in [0.29, 0.717) is 25.9 Å². The molecule has 4 aliphatic rings. The molecule has 4 fully saturated rings. The van der Waals surface area contributed by atoms with E-state index in [2.05, 4.69) is 4.90 Å². The molecule has 0 radical (unpaired) electrons. The maximum absolute atomic E-state index is 14.4. The number of ether oxygens (including phenoxy) is 6. The molecular formula is C44H83BN2O14. The van der Waals surface area contributed by atoms with Gasteiger partial charge in [0.05, 0.1) is 41.5 Å². The molecule has 0 spiro atoms. The fourth-order valence-electron chi connectivity index (χ4n) is 11.0. The smallest absolute Gasteiger partial charge is 0.454 e. The summed E-state index contributed by atoms with van der Waals surface area (Å²) in [5, 5.41) is 79.1. The van der Waals surface area contributed by atoms with Crippen molar-refractivity contribution in [2.24, 2.45) is 23.7 Å². The first-order chi connectivity index (χ1) is 28.3. The third-order valence-electron chi connectivity index (χ3n) is 14.9. The van der Waals surface area contributed by atoms with Crippen LogP contribution in [0.25, 0.3) is 0 Å². The molecule has 3 heterocycles. The number of hydrogen-bond acceptors (Lipinski definition) is 16. The fraction of sp³-hybridized carbons (Fsp3) is 0.977. The zero-order valence-electron chi connectivity index (χ0n) is 39.3. The standard InChI is InChI=1S/C44H83BN2O14/c1-14-33-44(10,53)37(49)28(6)46(11)22-24(2)20-42(8,52)39(26(4)36(27(5)40(51)59-33)60-34-21-43(9,56-13)38(50)29(7)58-34)61-41-35(48)32(18-25(3)57-41)47(12)23-30-16-15-17-31(19-30)45(54)55/h24-39,41,48-50,52-55H,14-23H2,1-13H3/t24-,25-,26+,27-,28-,29+,30?,31?,32+,33-,34+,35-,36+,37-,38+,39-,41+,42-,43-,44-/m1/s1. The van der Waals surface area contributed by atoms with E-state index in [9.17, 15) is 40.4 Å². The van der Waals surface area contributed by atoms with Crippen molar-refractivity contribution in [3.05, 3.63) is 0 Å². The minimum atomic E-state index is -1.83. The van der Waals surface area contributed by atoms with Gasteiger partial charge in [-0.15, -0.1) is 0 Å². The summed E-state index contributed by atoms with van der Waals surface area (Å²) in [7, 11) is 3.93. The summed E-state index contributed by atoms with van der Waals surface area (Å²) in [5.74, 6) is -2.72. The lowest BCUT2D eigenvalue weighted by molar-refractivity contribution is -0.318. The number of methoxy groups -OCH3 is 1. The highest BCUT2D eigenvalue weighted by molar-refractivity contribution is 6.43. The van der Waals surface area contributed by atoms with Crippen LogP contribution < -0.4 is 0 Å². The summed E-state index contributed by atoms with van der Waals surface area (Å²) >= 11 is 0. The van der Waals surface area contributed by atoms with Gasteiger partial charge in [-0.3, -0.25) is 4.79 Å². The third-order valence-corrected chi connectivity index (χ3v) is 14.9. The summed E-state index contributed by atoms with van der Waals surface area (Å²) in [4.78, 5) is 18.4. The van der Waals surface area contributed by atoms with Crippen LogP contribution in [-0.4, -0.2) is 183 Å². The normalized spacial score (nSPS) is 48.0. The van der Waals surface area contributed by atoms with Crippen LogP contribution in [0.1, 0.15) is 121 Å². The molecule has 0 aromatic carbocycles. The van der Waals surface area contributed by atoms with Gasteiger partial charge in [0, 0.05) is 44.6 Å². The molecule has 4 rings (SSSR count). The summed E-state index contributed by atoms with van der Waals surface area (Å²) in [6.07, 6.45) is -5.58. The van der Waals surface area contributed by atoms with E-state index in [1.54, 1.807) is 41.5 Å². The number of likely N-dealkylation sites (N-methyl/N-ethyl adjacent to an activating group) is 2. The Morgan fingerprint density at radius 1 is 0.934 bits per heavy atom. The third kappa shape index (κ3) is 12.5. The van der Waals surface area contributed by atoms with Crippen molar-refractivity contribution in [3.63, 3.8) is 0 Å². The Kier molecular flexibility index (Phi) is 18.6. The zero-order valence-corrected chi connectivity index (χ0v) is 39.3. The molecule has 20 atom stereocenters. The monoisotopic (exact) mass is 875 g/mol. The van der Waals surface area contributed by atoms with Gasteiger partial charge in [-0.05, 0) is 112 Å². The molecule has 16 nitrogen and oxygen atoms in total. The van der Waals surface area contributed by atoms with Gasteiger partial charge in [-0.2, -0.15) is 0 Å². The highest BCUT2D eigenvalue weighted by Crippen LogP contribution is 2.41. The summed E-state index contributed by atoms with van der Waals surface area (Å²) < 4.78 is 38.1. The summed E-state index contributed by atoms with van der Waals surface area (Å²) in [6, 6.07) is -0.948. The second-order valence-corrected chi connectivity index (χ2v) is 20.3. The molecule has 7 N–H and O–H groups in total. The molecule has 356 valence electrons. The average molecular weight is 875 g/mol. The number of cyclic esters (lactones) is 1. The number of aliphatic hydroxyl groups excluding tert-OH is 3. The molecule has 3 saturated heterocycles. The Balaban J connectivity index is 1.76. The molecule has 1 aliphatic carbocycles. The first-order valence-corrected chi connectivity index (χ1v) is 22.9. The molecule has 17 heteroatoms. The SMILES string of the molecule is CC[C@H]1OC(=O)[C@H](C)[C@@H](O[C@H]2C[C@@](C)(OC)[C@@H](O)[C@H](C)O2)[C@H](C)[C@@H](O[C@@H]2O[C@H](C)C[C@H](N(C)CC3CCCC(B(O)O)C3)[C@H]2O)[C@](C)(O)C[C@@H](C)CN(C)[C@H](C)[C@@H](O)[C@]1(C)O. The van der Waals surface area contributed by atoms with E-state index >= 15 is 0 Å². The Morgan fingerprint density at radius 3 is 2.20 bits per heavy atom. The highest BCUT2D eigenvalue weighted by atomic mass is 16.7. The first kappa shape index (κ1) is 52.6. The maximum atomic E-state index is 14.4. The van der Waals surface area contributed by atoms with Crippen LogP contribution in [0, 0.1) is 23.7 Å². The quantitative estimate of drug-likeness (QED) is 0.124. The van der Waals surface area contributed by atoms with E-state index in [-0.39, 0.29) is 49.1 Å². The number of nitrogens with zero attached hydrogens (tertiary/aromatic N) is 2. The van der Waals surface area contributed by atoms with Gasteiger partial charge in [0.25, 0.3) is 0 Å². The zero-order chi connectivity index (χ0) is 45.9. The summed E-state index contributed by atoms with van der Waals surface area (Å²) in [5.41, 5.74) is -4.49. The second kappa shape index (κ2) is 21.5. The number of aliphatic hydroxyl groups is 5. The lowest BCUT2D eigenvalue weighted by Gasteiger charge is -2.49. The lowest BCUT2D eigenvalue weighted by atomic mass is 9.62. The number of carbonyl (C=O) groups excluding carboxylic acids is 1. The first-order valence-electron chi connectivity index (χ1n) is 22.9. The van der Waals surface area contributed by atoms with E-state index in [1.807, 2.05) is 39.8 Å². The van der Waals surface area contributed by atoms with Crippen molar-refractivity contribution in [2.75, 3.05) is 34.3 Å². The van der Waals surface area contributed by atoms with Crippen LogP contribution in [-0.2, 0) is 33.2 Å². The molecule has 0 aromatic rings. The van der Waals surface area contributed by atoms with Gasteiger partial charge in [0.1, 0.15) is 30.0 Å². The minimum absolute atomic E-state index is 0.108. The van der Waals surface area contributed by atoms with E-state index < -0.39 is 103 Å². The van der Waals surface area contributed by atoms with Crippen LogP contribution in [0.2, 0.25) is 5.82 Å². The average Bonchev–Trinajstić information content (AvgIpc) is 3.19. The molecule has 1 saturated carbocycles. The molecule has 3 aliphatic heterocycles. The largest absolute Gasteiger partial charge is 0.459 e. The molecule has 0 aromatic heterocycles. The van der Waals surface area contributed by atoms with Crippen LogP contribution >= 0.6 is 0 Å². The van der Waals surface area contributed by atoms with Crippen molar-refractivity contribution >= 4 is 13.1 Å². The topological polar surface area (TPSA) is 221 Å². The number of carbonyl (C=O) groups is 1. The van der Waals surface area contributed by atoms with Crippen molar-refractivity contribution in [3.8, 4) is 0 Å². The summed E-state index contributed by atoms with van der Waals surface area (Å²) in [6.45, 7) is 18.6. The maximum Gasteiger partial charge on any atom is 0.454 e. The van der Waals surface area contributed by atoms with Gasteiger partial charge in [-0.1, -0.05) is 33.6 Å². The van der Waals surface area contributed by atoms with E-state index in [1.165, 1.54) is 14.0 Å². The Bertz CT molecular complexity index is 1380. The van der Waals surface area contributed by atoms with Gasteiger partial charge in [-0.25, -0.2) is 0 Å². The van der Waals surface area contributed by atoms with Crippen LogP contribution in [0.5, 0.6) is 0 Å². The van der Waals surface area contributed by atoms with Gasteiger partial charge < -0.3 is 73.8 Å². The van der Waals surface area contributed by atoms with Gasteiger partial charge in [0.2, 0.25) is 0 Å². The molecule has 2 unspecified atom stereocenters. The number of hydrogen-bond donors (Lipinski definition) is 7. The Labute approximate surface area is 365 Å². The van der Waals surface area contributed by atoms with E-state index in [4.69, 9.17) is 28.4 Å². The van der Waals surface area contributed by atoms with Crippen molar-refractivity contribution in [1.29, 1.82) is 0 Å². The predicted octanol–water partition coefficient (Wildman–Crippen LogP) is 2.30.